The Hall–Kier alpha value is -2.80. The average molecular weight is 322 g/mol. The lowest BCUT2D eigenvalue weighted by Gasteiger charge is -1.94. The third kappa shape index (κ3) is 2.25. The number of nitrogens with zero attached hydrogens (tertiary/aromatic N) is 5. The highest BCUT2D eigenvalue weighted by Crippen LogP contribution is 2.37. The van der Waals surface area contributed by atoms with E-state index in [0.29, 0.717) is 0 Å². The van der Waals surface area contributed by atoms with Gasteiger partial charge in [0, 0.05) is 6.20 Å². The van der Waals surface area contributed by atoms with Crippen LogP contribution >= 0.6 is 11.3 Å². The Balaban J connectivity index is 1.95. The molecular formula is C16H14N6S. The highest BCUT2D eigenvalue weighted by Gasteiger charge is 2.19. The molecule has 0 radical (unpaired) electrons. The van der Waals surface area contributed by atoms with Gasteiger partial charge in [0.05, 0.1) is 27.3 Å². The molecule has 4 heterocycles. The zero-order valence-electron chi connectivity index (χ0n) is 12.7. The van der Waals surface area contributed by atoms with E-state index in [4.69, 9.17) is 4.98 Å². The fraction of sp³-hybridized carbons (Fsp3) is 0.125. The summed E-state index contributed by atoms with van der Waals surface area (Å²) >= 11 is 1.59. The fourth-order valence-corrected chi connectivity index (χ4v) is 3.68. The standard InChI is InChI=1S/C16H14N6S/c1-3-6-11-14(15-17-9-18-20-15)23-16(19-11)13-10(2)21-22-8-5-4-7-12(13)22/h3-9H,1-2H3,(H,17,18,20). The number of hydrogen-bond acceptors (Lipinski definition) is 5. The molecule has 0 saturated carbocycles. The van der Waals surface area contributed by atoms with Gasteiger partial charge in [0.15, 0.2) is 5.82 Å². The lowest BCUT2D eigenvalue weighted by Crippen LogP contribution is -1.83. The van der Waals surface area contributed by atoms with E-state index in [9.17, 15) is 0 Å². The monoisotopic (exact) mass is 322 g/mol. The number of H-pyrrole nitrogens is 1. The average Bonchev–Trinajstić information content (AvgIpc) is 3.24. The molecule has 114 valence electrons. The molecule has 0 aliphatic heterocycles. The summed E-state index contributed by atoms with van der Waals surface area (Å²) < 4.78 is 1.88. The summed E-state index contributed by atoms with van der Waals surface area (Å²) in [7, 11) is 0. The van der Waals surface area contributed by atoms with Gasteiger partial charge in [0.1, 0.15) is 11.3 Å². The van der Waals surface area contributed by atoms with Crippen LogP contribution in [0.3, 0.4) is 0 Å². The Morgan fingerprint density at radius 1 is 1.30 bits per heavy atom. The number of rotatable bonds is 3. The summed E-state index contributed by atoms with van der Waals surface area (Å²) in [6.45, 7) is 3.98. The topological polar surface area (TPSA) is 71.8 Å². The first-order chi connectivity index (χ1) is 11.3. The van der Waals surface area contributed by atoms with Gasteiger partial charge in [-0.15, -0.1) is 11.3 Å². The van der Waals surface area contributed by atoms with Crippen molar-refractivity contribution in [2.75, 3.05) is 0 Å². The first kappa shape index (κ1) is 13.8. The van der Waals surface area contributed by atoms with Crippen LogP contribution in [0.25, 0.3) is 32.9 Å². The van der Waals surface area contributed by atoms with Crippen LogP contribution in [0.5, 0.6) is 0 Å². The quantitative estimate of drug-likeness (QED) is 0.626. The van der Waals surface area contributed by atoms with Crippen LogP contribution in [0.2, 0.25) is 0 Å². The number of thiazole rings is 1. The fourth-order valence-electron chi connectivity index (χ4n) is 2.58. The first-order valence-electron chi connectivity index (χ1n) is 7.21. The van der Waals surface area contributed by atoms with Gasteiger partial charge in [0.25, 0.3) is 0 Å². The van der Waals surface area contributed by atoms with Crippen LogP contribution in [0.4, 0.5) is 0 Å². The van der Waals surface area contributed by atoms with Gasteiger partial charge < -0.3 is 0 Å². The van der Waals surface area contributed by atoms with E-state index in [1.54, 1.807) is 11.3 Å². The third-order valence-corrected chi connectivity index (χ3v) is 4.63. The van der Waals surface area contributed by atoms with Crippen LogP contribution in [0, 0.1) is 6.92 Å². The minimum absolute atomic E-state index is 0.732. The zero-order chi connectivity index (χ0) is 15.8. The maximum Gasteiger partial charge on any atom is 0.167 e. The summed E-state index contributed by atoms with van der Waals surface area (Å²) in [5.41, 5.74) is 3.96. The molecule has 0 amide bonds. The summed E-state index contributed by atoms with van der Waals surface area (Å²) in [6, 6.07) is 6.04. The van der Waals surface area contributed by atoms with Crippen molar-refractivity contribution < 1.29 is 0 Å². The number of fused-ring (bicyclic) bond motifs is 1. The molecule has 0 unspecified atom stereocenters. The van der Waals surface area contributed by atoms with Gasteiger partial charge in [-0.25, -0.2) is 14.5 Å². The lowest BCUT2D eigenvalue weighted by atomic mass is 10.2. The highest BCUT2D eigenvalue weighted by molar-refractivity contribution is 7.18. The smallest absolute Gasteiger partial charge is 0.167 e. The van der Waals surface area contributed by atoms with E-state index in [2.05, 4.69) is 26.3 Å². The lowest BCUT2D eigenvalue weighted by molar-refractivity contribution is 0.934. The molecule has 0 fully saturated rings. The predicted octanol–water partition coefficient (Wildman–Crippen LogP) is 3.58. The largest absolute Gasteiger partial charge is 0.259 e. The van der Waals surface area contributed by atoms with Crippen LogP contribution in [-0.4, -0.2) is 29.8 Å². The zero-order valence-corrected chi connectivity index (χ0v) is 13.5. The number of allylic oxidation sites excluding steroid dienone is 1. The summed E-state index contributed by atoms with van der Waals surface area (Å²) in [5.74, 6) is 0.732. The SMILES string of the molecule is CC=Cc1nc(-c2c(C)nn3ccccc23)sc1-c1ncn[nH]1. The number of nitrogens with one attached hydrogen (secondary N) is 1. The number of aromatic nitrogens is 6. The normalized spacial score (nSPS) is 11.7. The molecule has 23 heavy (non-hydrogen) atoms. The van der Waals surface area contributed by atoms with Crippen molar-refractivity contribution in [3.8, 4) is 21.3 Å². The second-order valence-corrected chi connectivity index (χ2v) is 6.06. The van der Waals surface area contributed by atoms with E-state index in [1.165, 1.54) is 6.33 Å². The predicted molar refractivity (Wildman–Crippen MR) is 91.1 cm³/mol. The van der Waals surface area contributed by atoms with Gasteiger partial charge in [-0.2, -0.15) is 10.2 Å². The summed E-state index contributed by atoms with van der Waals surface area (Å²) in [4.78, 5) is 10.0. The van der Waals surface area contributed by atoms with Crippen LogP contribution in [-0.2, 0) is 0 Å². The number of aryl methyl sites for hydroxylation is 1. The van der Waals surface area contributed by atoms with Crippen LogP contribution in [0.1, 0.15) is 18.3 Å². The van der Waals surface area contributed by atoms with Crippen LogP contribution < -0.4 is 0 Å². The Morgan fingerprint density at radius 2 is 2.22 bits per heavy atom. The van der Waals surface area contributed by atoms with E-state index in [0.717, 1.165) is 38.2 Å². The molecule has 6 nitrogen and oxygen atoms in total. The van der Waals surface area contributed by atoms with Crippen molar-refractivity contribution in [2.24, 2.45) is 0 Å². The number of hydrogen-bond donors (Lipinski definition) is 1. The van der Waals surface area contributed by atoms with Crippen molar-refractivity contribution in [1.29, 1.82) is 0 Å². The Bertz CT molecular complexity index is 993. The molecule has 0 atom stereocenters. The summed E-state index contributed by atoms with van der Waals surface area (Å²) in [5, 5.41) is 12.4. The van der Waals surface area contributed by atoms with E-state index in [1.807, 2.05) is 48.8 Å². The number of pyridine rings is 1. The van der Waals surface area contributed by atoms with Gasteiger partial charge in [0.2, 0.25) is 0 Å². The minimum atomic E-state index is 0.732. The molecule has 4 rings (SSSR count). The highest BCUT2D eigenvalue weighted by atomic mass is 32.1. The van der Waals surface area contributed by atoms with Gasteiger partial charge in [-0.3, -0.25) is 5.10 Å². The van der Waals surface area contributed by atoms with Crippen molar-refractivity contribution in [3.05, 3.63) is 48.2 Å². The maximum absolute atomic E-state index is 4.80. The maximum atomic E-state index is 4.80. The molecular weight excluding hydrogens is 308 g/mol. The summed E-state index contributed by atoms with van der Waals surface area (Å²) in [6.07, 6.45) is 7.42. The van der Waals surface area contributed by atoms with Crippen molar-refractivity contribution in [2.45, 2.75) is 13.8 Å². The van der Waals surface area contributed by atoms with E-state index >= 15 is 0 Å². The molecule has 7 heteroatoms. The molecule has 0 aliphatic carbocycles. The van der Waals surface area contributed by atoms with E-state index in [-0.39, 0.29) is 0 Å². The molecule has 4 aromatic rings. The van der Waals surface area contributed by atoms with Crippen molar-refractivity contribution in [1.82, 2.24) is 29.8 Å². The molecule has 0 bridgehead atoms. The molecule has 0 aliphatic rings. The Morgan fingerprint density at radius 3 is 3.00 bits per heavy atom. The van der Waals surface area contributed by atoms with Gasteiger partial charge >= 0.3 is 0 Å². The third-order valence-electron chi connectivity index (χ3n) is 3.54. The first-order valence-corrected chi connectivity index (χ1v) is 8.03. The minimum Gasteiger partial charge on any atom is -0.259 e. The molecule has 4 aromatic heterocycles. The van der Waals surface area contributed by atoms with Crippen LogP contribution in [0.15, 0.2) is 36.8 Å². The Labute approximate surface area is 136 Å². The van der Waals surface area contributed by atoms with Crippen molar-refractivity contribution in [3.63, 3.8) is 0 Å². The van der Waals surface area contributed by atoms with Gasteiger partial charge in [-0.05, 0) is 32.1 Å². The molecule has 0 aromatic carbocycles. The molecule has 1 N–H and O–H groups in total. The second kappa shape index (κ2) is 5.44. The molecule has 0 spiro atoms. The van der Waals surface area contributed by atoms with E-state index < -0.39 is 0 Å². The van der Waals surface area contributed by atoms with Gasteiger partial charge in [-0.1, -0.05) is 12.1 Å². The Kier molecular flexibility index (Phi) is 3.27. The molecule has 0 saturated heterocycles. The number of aromatic amines is 1. The second-order valence-electron chi connectivity index (χ2n) is 5.06. The van der Waals surface area contributed by atoms with Crippen molar-refractivity contribution >= 4 is 22.9 Å².